The number of hydrogen-bond acceptors (Lipinski definition) is 4. The Bertz CT molecular complexity index is 852. The van der Waals surface area contributed by atoms with Crippen molar-refractivity contribution in [1.82, 2.24) is 14.5 Å². The average molecular weight is 334 g/mol. The lowest BCUT2D eigenvalue weighted by Gasteiger charge is -2.20. The van der Waals surface area contributed by atoms with E-state index in [1.165, 1.54) is 0 Å². The molecule has 0 aliphatic rings. The molecule has 2 heterocycles. The quantitative estimate of drug-likeness (QED) is 0.775. The van der Waals surface area contributed by atoms with Crippen LogP contribution in [0.5, 0.6) is 0 Å². The summed E-state index contributed by atoms with van der Waals surface area (Å²) in [6.07, 6.45) is 1.74. The molecular formula is C17H20ClN3O2. The Hall–Kier alpha value is -1.69. The van der Waals surface area contributed by atoms with Gasteiger partial charge in [0, 0.05) is 17.0 Å². The fourth-order valence-electron chi connectivity index (χ4n) is 2.70. The molecule has 0 saturated heterocycles. The maximum absolute atomic E-state index is 10.3. The number of halogens is 1. The average Bonchev–Trinajstić information content (AvgIpc) is 2.81. The zero-order valence-corrected chi connectivity index (χ0v) is 14.3. The number of imidazole rings is 1. The molecule has 23 heavy (non-hydrogen) atoms. The van der Waals surface area contributed by atoms with Gasteiger partial charge in [-0.1, -0.05) is 11.6 Å². The summed E-state index contributed by atoms with van der Waals surface area (Å²) in [6, 6.07) is 5.62. The van der Waals surface area contributed by atoms with Crippen LogP contribution in [0.15, 0.2) is 24.4 Å². The highest BCUT2D eigenvalue weighted by molar-refractivity contribution is 6.31. The fourth-order valence-corrected chi connectivity index (χ4v) is 2.86. The molecule has 3 rings (SSSR count). The van der Waals surface area contributed by atoms with Gasteiger partial charge < -0.3 is 14.4 Å². The lowest BCUT2D eigenvalue weighted by atomic mass is 10.1. The maximum atomic E-state index is 10.3. The van der Waals surface area contributed by atoms with Gasteiger partial charge in [0.2, 0.25) is 0 Å². The first-order chi connectivity index (χ1) is 10.9. The van der Waals surface area contributed by atoms with Crippen LogP contribution < -0.4 is 0 Å². The Kier molecular flexibility index (Phi) is 4.27. The monoisotopic (exact) mass is 333 g/mol. The van der Waals surface area contributed by atoms with Crippen molar-refractivity contribution in [2.75, 3.05) is 6.61 Å². The molecule has 0 aliphatic carbocycles. The minimum absolute atomic E-state index is 0.399. The van der Waals surface area contributed by atoms with Gasteiger partial charge in [-0.25, -0.2) is 4.98 Å². The SMILES string of the molecule is CCOCc1nc2cnc3cc(Cl)ccc3c2n1CC(C)(C)O. The summed E-state index contributed by atoms with van der Waals surface area (Å²) >= 11 is 6.07. The van der Waals surface area contributed by atoms with E-state index >= 15 is 0 Å². The number of fused-ring (bicyclic) bond motifs is 3. The number of hydrogen-bond donors (Lipinski definition) is 1. The summed E-state index contributed by atoms with van der Waals surface area (Å²) in [6.45, 7) is 6.94. The molecule has 0 fully saturated rings. The predicted molar refractivity (Wildman–Crippen MR) is 91.7 cm³/mol. The number of nitrogens with zero attached hydrogens (tertiary/aromatic N) is 3. The van der Waals surface area contributed by atoms with Crippen LogP contribution in [0.2, 0.25) is 5.02 Å². The lowest BCUT2D eigenvalue weighted by molar-refractivity contribution is 0.0582. The molecular weight excluding hydrogens is 314 g/mol. The van der Waals surface area contributed by atoms with Crippen LogP contribution in [0.25, 0.3) is 21.9 Å². The van der Waals surface area contributed by atoms with E-state index in [0.29, 0.717) is 24.8 Å². The van der Waals surface area contributed by atoms with E-state index in [0.717, 1.165) is 27.8 Å². The largest absolute Gasteiger partial charge is 0.389 e. The van der Waals surface area contributed by atoms with Gasteiger partial charge in [0.15, 0.2) is 0 Å². The van der Waals surface area contributed by atoms with Crippen LogP contribution in [-0.2, 0) is 17.9 Å². The van der Waals surface area contributed by atoms with Crippen molar-refractivity contribution < 1.29 is 9.84 Å². The molecule has 0 bridgehead atoms. The van der Waals surface area contributed by atoms with Gasteiger partial charge in [-0.05, 0) is 39.0 Å². The van der Waals surface area contributed by atoms with Crippen LogP contribution in [0.4, 0.5) is 0 Å². The first-order valence-electron chi connectivity index (χ1n) is 7.62. The van der Waals surface area contributed by atoms with Crippen molar-refractivity contribution in [2.45, 2.75) is 39.5 Å². The number of ether oxygens (including phenoxy) is 1. The van der Waals surface area contributed by atoms with Gasteiger partial charge in [0.05, 0.1) is 29.4 Å². The first kappa shape index (κ1) is 16.2. The number of benzene rings is 1. The molecule has 0 aliphatic heterocycles. The molecule has 0 spiro atoms. The third-order valence-corrected chi connectivity index (χ3v) is 3.83. The summed E-state index contributed by atoms with van der Waals surface area (Å²) < 4.78 is 7.55. The van der Waals surface area contributed by atoms with E-state index in [1.54, 1.807) is 20.0 Å². The minimum atomic E-state index is -0.864. The molecule has 5 nitrogen and oxygen atoms in total. The van der Waals surface area contributed by atoms with Crippen LogP contribution >= 0.6 is 11.6 Å². The minimum Gasteiger partial charge on any atom is -0.389 e. The summed E-state index contributed by atoms with van der Waals surface area (Å²) in [5.41, 5.74) is 1.68. The zero-order valence-electron chi connectivity index (χ0n) is 13.5. The Labute approximate surface area is 139 Å². The third kappa shape index (κ3) is 3.32. The smallest absolute Gasteiger partial charge is 0.136 e. The van der Waals surface area contributed by atoms with Crippen LogP contribution in [-0.4, -0.2) is 31.8 Å². The topological polar surface area (TPSA) is 60.2 Å². The van der Waals surface area contributed by atoms with Crippen molar-refractivity contribution >= 4 is 33.5 Å². The van der Waals surface area contributed by atoms with E-state index < -0.39 is 5.60 Å². The van der Waals surface area contributed by atoms with Crippen molar-refractivity contribution in [2.24, 2.45) is 0 Å². The highest BCUT2D eigenvalue weighted by atomic mass is 35.5. The van der Waals surface area contributed by atoms with Gasteiger partial charge in [-0.2, -0.15) is 0 Å². The molecule has 122 valence electrons. The Balaban J connectivity index is 2.27. The molecule has 6 heteroatoms. The molecule has 0 radical (unpaired) electrons. The molecule has 0 amide bonds. The summed E-state index contributed by atoms with van der Waals surface area (Å²) in [5.74, 6) is 0.785. The van der Waals surface area contributed by atoms with Gasteiger partial charge in [0.25, 0.3) is 0 Å². The van der Waals surface area contributed by atoms with Crippen molar-refractivity contribution in [3.8, 4) is 0 Å². The van der Waals surface area contributed by atoms with Crippen molar-refractivity contribution in [3.63, 3.8) is 0 Å². The van der Waals surface area contributed by atoms with Crippen molar-refractivity contribution in [1.29, 1.82) is 0 Å². The van der Waals surface area contributed by atoms with Gasteiger partial charge >= 0.3 is 0 Å². The van der Waals surface area contributed by atoms with E-state index in [-0.39, 0.29) is 0 Å². The fraction of sp³-hybridized carbons (Fsp3) is 0.412. The Morgan fingerprint density at radius 2 is 2.09 bits per heavy atom. The third-order valence-electron chi connectivity index (χ3n) is 3.59. The summed E-state index contributed by atoms with van der Waals surface area (Å²) in [7, 11) is 0. The van der Waals surface area contributed by atoms with E-state index in [4.69, 9.17) is 16.3 Å². The Morgan fingerprint density at radius 1 is 1.30 bits per heavy atom. The van der Waals surface area contributed by atoms with E-state index in [1.807, 2.05) is 29.7 Å². The highest BCUT2D eigenvalue weighted by Crippen LogP contribution is 2.28. The summed E-state index contributed by atoms with van der Waals surface area (Å²) in [5, 5.41) is 11.9. The molecule has 1 aromatic carbocycles. The van der Waals surface area contributed by atoms with Gasteiger partial charge in [0.1, 0.15) is 17.9 Å². The zero-order chi connectivity index (χ0) is 16.6. The number of aromatic nitrogens is 3. The second-order valence-electron chi connectivity index (χ2n) is 6.22. The standard InChI is InChI=1S/C17H20ClN3O2/c1-4-23-9-15-20-14-8-19-13-7-11(18)5-6-12(13)16(14)21(15)10-17(2,3)22/h5-8,22H,4,9-10H2,1-3H3. The second kappa shape index (κ2) is 6.07. The van der Waals surface area contributed by atoms with Crippen molar-refractivity contribution in [3.05, 3.63) is 35.2 Å². The van der Waals surface area contributed by atoms with Crippen LogP contribution in [0.3, 0.4) is 0 Å². The molecule has 2 aromatic heterocycles. The lowest BCUT2D eigenvalue weighted by Crippen LogP contribution is -2.27. The van der Waals surface area contributed by atoms with E-state index in [9.17, 15) is 5.11 Å². The molecule has 0 unspecified atom stereocenters. The molecule has 3 aromatic rings. The molecule has 0 saturated carbocycles. The number of rotatable bonds is 5. The number of aliphatic hydroxyl groups is 1. The Morgan fingerprint density at radius 3 is 2.78 bits per heavy atom. The maximum Gasteiger partial charge on any atom is 0.136 e. The first-order valence-corrected chi connectivity index (χ1v) is 8.00. The second-order valence-corrected chi connectivity index (χ2v) is 6.65. The van der Waals surface area contributed by atoms with Crippen LogP contribution in [0.1, 0.15) is 26.6 Å². The normalized spacial score (nSPS) is 12.4. The summed E-state index contributed by atoms with van der Waals surface area (Å²) in [4.78, 5) is 9.08. The molecule has 1 N–H and O–H groups in total. The highest BCUT2D eigenvalue weighted by Gasteiger charge is 2.21. The van der Waals surface area contributed by atoms with Gasteiger partial charge in [-0.15, -0.1) is 0 Å². The molecule has 0 atom stereocenters. The predicted octanol–water partition coefficient (Wildman–Crippen LogP) is 3.55. The van der Waals surface area contributed by atoms with E-state index in [2.05, 4.69) is 9.97 Å². The van der Waals surface area contributed by atoms with Gasteiger partial charge in [-0.3, -0.25) is 4.98 Å². The number of pyridine rings is 1. The van der Waals surface area contributed by atoms with Crippen LogP contribution in [0, 0.1) is 0 Å².